The maximum atomic E-state index is 11.8. The number of methoxy groups -OCH3 is 1. The minimum Gasteiger partial charge on any atom is -0.508 e. The third kappa shape index (κ3) is 5.72. The number of benzene rings is 1. The van der Waals surface area contributed by atoms with Gasteiger partial charge in [-0.1, -0.05) is 19.1 Å². The first-order chi connectivity index (χ1) is 9.02. The normalized spacial score (nSPS) is 13.8. The Morgan fingerprint density at radius 1 is 1.42 bits per heavy atom. The molecule has 1 unspecified atom stereocenters. The topological polar surface area (TPSA) is 84.6 Å². The summed E-state index contributed by atoms with van der Waals surface area (Å²) in [5.74, 6) is 0.293. The molecule has 0 aliphatic carbocycles. The molecular weight excluding hydrogens is 244 g/mol. The van der Waals surface area contributed by atoms with E-state index in [-0.39, 0.29) is 17.6 Å². The lowest BCUT2D eigenvalue weighted by Gasteiger charge is -2.15. The fourth-order valence-corrected chi connectivity index (χ4v) is 1.73. The predicted octanol–water partition coefficient (Wildman–Crippen LogP) is 0.661. The van der Waals surface area contributed by atoms with E-state index in [1.165, 1.54) is 0 Å². The highest BCUT2D eigenvalue weighted by Crippen LogP contribution is 2.10. The molecule has 106 valence electrons. The van der Waals surface area contributed by atoms with Gasteiger partial charge in [-0.2, -0.15) is 0 Å². The molecule has 19 heavy (non-hydrogen) atoms. The number of aromatic hydroxyl groups is 1. The first kappa shape index (κ1) is 15.5. The number of nitrogens with one attached hydrogen (secondary N) is 1. The van der Waals surface area contributed by atoms with Crippen LogP contribution in [0.1, 0.15) is 12.5 Å². The number of hydrogen-bond donors (Lipinski definition) is 3. The van der Waals surface area contributed by atoms with Gasteiger partial charge in [-0.3, -0.25) is 4.79 Å². The highest BCUT2D eigenvalue weighted by molar-refractivity contribution is 5.81. The standard InChI is InChI=1S/C14H22N2O3/c1-10(9-19-2)8-16-14(18)13(15)7-11-3-5-12(17)6-4-11/h3-6,10,13,17H,7-9,15H2,1-2H3,(H,16,18)/t10?,13-/m1/s1. The molecule has 5 nitrogen and oxygen atoms in total. The van der Waals surface area contributed by atoms with E-state index in [1.54, 1.807) is 31.4 Å². The number of nitrogens with two attached hydrogens (primary N) is 1. The van der Waals surface area contributed by atoms with E-state index in [0.717, 1.165) is 5.56 Å². The Hall–Kier alpha value is -1.59. The zero-order valence-corrected chi connectivity index (χ0v) is 11.4. The lowest BCUT2D eigenvalue weighted by atomic mass is 10.1. The Bertz CT molecular complexity index is 392. The van der Waals surface area contributed by atoms with Crippen LogP contribution >= 0.6 is 0 Å². The molecule has 1 aromatic rings. The van der Waals surface area contributed by atoms with Crippen LogP contribution in [0.3, 0.4) is 0 Å². The second-order valence-electron chi connectivity index (χ2n) is 4.78. The number of carbonyl (C=O) groups excluding carboxylic acids is 1. The molecule has 1 amide bonds. The molecule has 0 aliphatic heterocycles. The number of hydrogen-bond acceptors (Lipinski definition) is 4. The summed E-state index contributed by atoms with van der Waals surface area (Å²) in [4.78, 5) is 11.8. The molecule has 5 heteroatoms. The molecule has 0 bridgehead atoms. The van der Waals surface area contributed by atoms with Gasteiger partial charge in [0.05, 0.1) is 12.6 Å². The molecule has 1 aromatic carbocycles. The Kier molecular flexibility index (Phi) is 6.32. The summed E-state index contributed by atoms with van der Waals surface area (Å²) in [6.07, 6.45) is 0.449. The highest BCUT2D eigenvalue weighted by atomic mass is 16.5. The molecule has 4 N–H and O–H groups in total. The molecule has 0 aliphatic rings. The molecule has 0 saturated carbocycles. The van der Waals surface area contributed by atoms with Crippen LogP contribution in [0, 0.1) is 5.92 Å². The second-order valence-corrected chi connectivity index (χ2v) is 4.78. The molecule has 0 aromatic heterocycles. The van der Waals surface area contributed by atoms with Crippen molar-refractivity contribution in [3.8, 4) is 5.75 Å². The summed E-state index contributed by atoms with van der Waals surface area (Å²) in [5, 5.41) is 12.0. The molecule has 0 saturated heterocycles. The van der Waals surface area contributed by atoms with Crippen LogP contribution in [0.4, 0.5) is 0 Å². The number of rotatable bonds is 7. The van der Waals surface area contributed by atoms with E-state index in [0.29, 0.717) is 19.6 Å². The van der Waals surface area contributed by atoms with Crippen molar-refractivity contribution >= 4 is 5.91 Å². The average molecular weight is 266 g/mol. The van der Waals surface area contributed by atoms with Crippen molar-refractivity contribution in [2.24, 2.45) is 11.7 Å². The molecule has 0 spiro atoms. The van der Waals surface area contributed by atoms with E-state index in [1.807, 2.05) is 6.92 Å². The third-order valence-corrected chi connectivity index (χ3v) is 2.80. The van der Waals surface area contributed by atoms with Gasteiger partial charge in [-0.15, -0.1) is 0 Å². The van der Waals surface area contributed by atoms with Gasteiger partial charge in [-0.25, -0.2) is 0 Å². The zero-order valence-electron chi connectivity index (χ0n) is 11.4. The van der Waals surface area contributed by atoms with E-state index in [2.05, 4.69) is 5.32 Å². The maximum absolute atomic E-state index is 11.8. The molecule has 0 radical (unpaired) electrons. The van der Waals surface area contributed by atoms with Crippen molar-refractivity contribution in [2.75, 3.05) is 20.3 Å². The minimum absolute atomic E-state index is 0.170. The SMILES string of the molecule is COCC(C)CNC(=O)[C@H](N)Cc1ccc(O)cc1. The summed E-state index contributed by atoms with van der Waals surface area (Å²) >= 11 is 0. The fraction of sp³-hybridized carbons (Fsp3) is 0.500. The number of amides is 1. The molecule has 0 heterocycles. The van der Waals surface area contributed by atoms with E-state index < -0.39 is 6.04 Å². The van der Waals surface area contributed by atoms with Crippen molar-refractivity contribution in [3.63, 3.8) is 0 Å². The van der Waals surface area contributed by atoms with Gasteiger partial charge in [0.15, 0.2) is 0 Å². The average Bonchev–Trinajstić information content (AvgIpc) is 2.39. The van der Waals surface area contributed by atoms with Crippen molar-refractivity contribution in [1.82, 2.24) is 5.32 Å². The van der Waals surface area contributed by atoms with Crippen LogP contribution in [0.25, 0.3) is 0 Å². The second kappa shape index (κ2) is 7.76. The number of phenolic OH excluding ortho intramolecular Hbond substituents is 1. The Balaban J connectivity index is 2.38. The highest BCUT2D eigenvalue weighted by Gasteiger charge is 2.14. The summed E-state index contributed by atoms with van der Waals surface area (Å²) in [7, 11) is 1.63. The number of phenols is 1. The molecule has 2 atom stereocenters. The van der Waals surface area contributed by atoms with Crippen LogP contribution in [0.2, 0.25) is 0 Å². The van der Waals surface area contributed by atoms with E-state index in [9.17, 15) is 9.90 Å². The first-order valence-corrected chi connectivity index (χ1v) is 6.33. The van der Waals surface area contributed by atoms with Gasteiger partial charge in [0.1, 0.15) is 5.75 Å². The van der Waals surface area contributed by atoms with Gasteiger partial charge < -0.3 is 20.9 Å². The van der Waals surface area contributed by atoms with Crippen molar-refractivity contribution in [1.29, 1.82) is 0 Å². The molecular formula is C14H22N2O3. The lowest BCUT2D eigenvalue weighted by molar-refractivity contribution is -0.122. The fourth-order valence-electron chi connectivity index (χ4n) is 1.73. The van der Waals surface area contributed by atoms with Crippen LogP contribution in [0.15, 0.2) is 24.3 Å². The molecule has 0 fully saturated rings. The largest absolute Gasteiger partial charge is 0.508 e. The van der Waals surface area contributed by atoms with Gasteiger partial charge in [0.2, 0.25) is 5.91 Å². The van der Waals surface area contributed by atoms with E-state index in [4.69, 9.17) is 10.5 Å². The zero-order chi connectivity index (χ0) is 14.3. The van der Waals surface area contributed by atoms with Gasteiger partial charge in [0, 0.05) is 13.7 Å². The Morgan fingerprint density at radius 3 is 2.63 bits per heavy atom. The summed E-state index contributed by atoms with van der Waals surface area (Å²) in [6, 6.07) is 6.10. The molecule has 1 rings (SSSR count). The predicted molar refractivity (Wildman–Crippen MR) is 73.8 cm³/mol. The lowest BCUT2D eigenvalue weighted by Crippen LogP contribution is -2.43. The van der Waals surface area contributed by atoms with Crippen LogP contribution < -0.4 is 11.1 Å². The van der Waals surface area contributed by atoms with Gasteiger partial charge in [-0.05, 0) is 30.0 Å². The van der Waals surface area contributed by atoms with Crippen molar-refractivity contribution in [2.45, 2.75) is 19.4 Å². The smallest absolute Gasteiger partial charge is 0.237 e. The summed E-state index contributed by atoms with van der Waals surface area (Å²) < 4.78 is 5.00. The summed E-state index contributed by atoms with van der Waals surface area (Å²) in [6.45, 7) is 3.15. The monoisotopic (exact) mass is 266 g/mol. The Morgan fingerprint density at radius 2 is 2.05 bits per heavy atom. The van der Waals surface area contributed by atoms with Crippen LogP contribution in [-0.2, 0) is 16.0 Å². The van der Waals surface area contributed by atoms with Crippen molar-refractivity contribution < 1.29 is 14.6 Å². The van der Waals surface area contributed by atoms with Crippen molar-refractivity contribution in [3.05, 3.63) is 29.8 Å². The minimum atomic E-state index is -0.584. The van der Waals surface area contributed by atoms with E-state index >= 15 is 0 Å². The van der Waals surface area contributed by atoms with Gasteiger partial charge in [0.25, 0.3) is 0 Å². The van der Waals surface area contributed by atoms with Crippen LogP contribution in [-0.4, -0.2) is 37.3 Å². The number of ether oxygens (including phenoxy) is 1. The first-order valence-electron chi connectivity index (χ1n) is 6.33. The third-order valence-electron chi connectivity index (χ3n) is 2.80. The van der Waals surface area contributed by atoms with Crippen LogP contribution in [0.5, 0.6) is 5.75 Å². The Labute approximate surface area is 113 Å². The van der Waals surface area contributed by atoms with Gasteiger partial charge >= 0.3 is 0 Å². The maximum Gasteiger partial charge on any atom is 0.237 e. The number of carbonyl (C=O) groups is 1. The summed E-state index contributed by atoms with van der Waals surface area (Å²) in [5.41, 5.74) is 6.76. The quantitative estimate of drug-likeness (QED) is 0.677.